The lowest BCUT2D eigenvalue weighted by molar-refractivity contribution is 0.102. The van der Waals surface area contributed by atoms with Gasteiger partial charge in [-0.1, -0.05) is 39.0 Å². The predicted molar refractivity (Wildman–Crippen MR) is 77.3 cm³/mol. The molecule has 4 heteroatoms. The minimum absolute atomic E-state index is 0.0591. The number of nitrogens with one attached hydrogen (secondary N) is 1. The summed E-state index contributed by atoms with van der Waals surface area (Å²) in [6, 6.07) is 10.5. The van der Waals surface area contributed by atoms with Gasteiger partial charge in [-0.25, -0.2) is 4.98 Å². The van der Waals surface area contributed by atoms with Crippen LogP contribution in [0.15, 0.2) is 42.6 Å². The second-order valence-electron chi connectivity index (χ2n) is 5.59. The Labute approximate surface area is 117 Å². The molecule has 1 aromatic heterocycles. The smallest absolute Gasteiger partial charge is 0.260 e. The van der Waals surface area contributed by atoms with Crippen molar-refractivity contribution in [3.05, 3.63) is 59.7 Å². The van der Waals surface area contributed by atoms with E-state index in [1.165, 1.54) is 18.3 Å². The van der Waals surface area contributed by atoms with E-state index in [4.69, 9.17) is 0 Å². The molecule has 0 aliphatic heterocycles. The van der Waals surface area contributed by atoms with Crippen molar-refractivity contribution in [2.75, 3.05) is 5.32 Å². The van der Waals surface area contributed by atoms with Crippen LogP contribution in [0.25, 0.3) is 0 Å². The minimum atomic E-state index is -0.766. The number of carbonyl (C=O) groups is 1. The van der Waals surface area contributed by atoms with E-state index < -0.39 is 11.9 Å². The molecule has 0 bridgehead atoms. The van der Waals surface area contributed by atoms with Crippen molar-refractivity contribution in [1.82, 2.24) is 4.98 Å². The summed E-state index contributed by atoms with van der Waals surface area (Å²) in [6.07, 6.45) is 1.31. The highest BCUT2D eigenvalue weighted by atomic mass is 19.1. The summed E-state index contributed by atoms with van der Waals surface area (Å²) in [5.41, 5.74) is 1.51. The standard InChI is InChI=1S/C16H17FN2O/c1-16(2,3)12-8-4-5-9-13(12)19-15(20)11-7-6-10-18-14(11)17/h4-10H,1-3H3,(H,19,20). The van der Waals surface area contributed by atoms with Gasteiger partial charge in [0.2, 0.25) is 5.95 Å². The molecule has 1 heterocycles. The topological polar surface area (TPSA) is 42.0 Å². The number of carbonyl (C=O) groups excluding carboxylic acids is 1. The second-order valence-corrected chi connectivity index (χ2v) is 5.59. The third kappa shape index (κ3) is 3.02. The van der Waals surface area contributed by atoms with Gasteiger partial charge in [0.05, 0.1) is 5.56 Å². The number of hydrogen-bond donors (Lipinski definition) is 1. The Bertz CT molecular complexity index is 632. The van der Waals surface area contributed by atoms with Crippen molar-refractivity contribution >= 4 is 11.6 Å². The Morgan fingerprint density at radius 2 is 1.85 bits per heavy atom. The van der Waals surface area contributed by atoms with Gasteiger partial charge in [0.25, 0.3) is 5.91 Å². The molecule has 0 saturated carbocycles. The van der Waals surface area contributed by atoms with Crippen LogP contribution in [-0.4, -0.2) is 10.9 Å². The molecular formula is C16H17FN2O. The Morgan fingerprint density at radius 3 is 2.50 bits per heavy atom. The largest absolute Gasteiger partial charge is 0.322 e. The van der Waals surface area contributed by atoms with Crippen LogP contribution in [0.5, 0.6) is 0 Å². The molecule has 0 fully saturated rings. The van der Waals surface area contributed by atoms with Crippen LogP contribution in [0.1, 0.15) is 36.7 Å². The number of pyridine rings is 1. The van der Waals surface area contributed by atoms with Crippen molar-refractivity contribution in [3.8, 4) is 0 Å². The van der Waals surface area contributed by atoms with Crippen LogP contribution in [-0.2, 0) is 5.41 Å². The lowest BCUT2D eigenvalue weighted by Crippen LogP contribution is -2.19. The van der Waals surface area contributed by atoms with Gasteiger partial charge >= 0.3 is 0 Å². The van der Waals surface area contributed by atoms with E-state index in [-0.39, 0.29) is 11.0 Å². The van der Waals surface area contributed by atoms with Gasteiger partial charge in [-0.05, 0) is 29.2 Å². The predicted octanol–water partition coefficient (Wildman–Crippen LogP) is 3.77. The Balaban J connectivity index is 2.32. The first-order valence-electron chi connectivity index (χ1n) is 6.41. The van der Waals surface area contributed by atoms with E-state index in [1.807, 2.05) is 24.3 Å². The van der Waals surface area contributed by atoms with Crippen LogP contribution in [0, 0.1) is 5.95 Å². The fourth-order valence-corrected chi connectivity index (χ4v) is 1.99. The van der Waals surface area contributed by atoms with E-state index in [1.54, 1.807) is 0 Å². The lowest BCUT2D eigenvalue weighted by atomic mass is 9.86. The van der Waals surface area contributed by atoms with Crippen molar-refractivity contribution in [2.45, 2.75) is 26.2 Å². The third-order valence-electron chi connectivity index (χ3n) is 2.99. The number of amides is 1. The first-order chi connectivity index (χ1) is 9.39. The Morgan fingerprint density at radius 1 is 1.15 bits per heavy atom. The van der Waals surface area contributed by atoms with E-state index in [0.717, 1.165) is 5.56 Å². The van der Waals surface area contributed by atoms with Crippen molar-refractivity contribution < 1.29 is 9.18 Å². The maximum absolute atomic E-state index is 13.5. The summed E-state index contributed by atoms with van der Waals surface area (Å²) in [6.45, 7) is 6.17. The molecule has 20 heavy (non-hydrogen) atoms. The number of rotatable bonds is 2. The van der Waals surface area contributed by atoms with E-state index in [0.29, 0.717) is 5.69 Å². The molecule has 104 valence electrons. The zero-order valence-corrected chi connectivity index (χ0v) is 11.8. The molecule has 0 saturated heterocycles. The Hall–Kier alpha value is -2.23. The summed E-state index contributed by atoms with van der Waals surface area (Å²) in [5.74, 6) is -1.26. The molecular weight excluding hydrogens is 255 g/mol. The van der Waals surface area contributed by atoms with E-state index in [9.17, 15) is 9.18 Å². The van der Waals surface area contributed by atoms with Gasteiger partial charge in [-0.15, -0.1) is 0 Å². The molecule has 0 radical (unpaired) electrons. The van der Waals surface area contributed by atoms with Gasteiger partial charge in [-0.2, -0.15) is 4.39 Å². The fourth-order valence-electron chi connectivity index (χ4n) is 1.99. The highest BCUT2D eigenvalue weighted by Crippen LogP contribution is 2.29. The molecule has 0 spiro atoms. The van der Waals surface area contributed by atoms with Gasteiger partial charge in [0.1, 0.15) is 0 Å². The zero-order chi connectivity index (χ0) is 14.8. The van der Waals surface area contributed by atoms with Crippen LogP contribution in [0.4, 0.5) is 10.1 Å². The highest BCUT2D eigenvalue weighted by Gasteiger charge is 2.20. The molecule has 1 N–H and O–H groups in total. The van der Waals surface area contributed by atoms with Crippen molar-refractivity contribution in [3.63, 3.8) is 0 Å². The third-order valence-corrected chi connectivity index (χ3v) is 2.99. The second kappa shape index (κ2) is 5.41. The van der Waals surface area contributed by atoms with Gasteiger partial charge < -0.3 is 5.32 Å². The summed E-state index contributed by atoms with van der Waals surface area (Å²) in [7, 11) is 0. The number of hydrogen-bond acceptors (Lipinski definition) is 2. The number of anilines is 1. The number of aromatic nitrogens is 1. The fraction of sp³-hybridized carbons (Fsp3) is 0.250. The molecule has 2 rings (SSSR count). The molecule has 0 aliphatic carbocycles. The molecule has 0 unspecified atom stereocenters. The van der Waals surface area contributed by atoms with Crippen LogP contribution in [0.3, 0.4) is 0 Å². The first kappa shape index (κ1) is 14.2. The van der Waals surface area contributed by atoms with E-state index >= 15 is 0 Å². The number of benzene rings is 1. The van der Waals surface area contributed by atoms with Crippen molar-refractivity contribution in [2.24, 2.45) is 0 Å². The van der Waals surface area contributed by atoms with Gasteiger partial charge in [-0.3, -0.25) is 4.79 Å². The quantitative estimate of drug-likeness (QED) is 0.845. The van der Waals surface area contributed by atoms with Gasteiger partial charge in [0.15, 0.2) is 0 Å². The summed E-state index contributed by atoms with van der Waals surface area (Å²) in [4.78, 5) is 15.6. The van der Waals surface area contributed by atoms with Crippen molar-refractivity contribution in [1.29, 1.82) is 0 Å². The molecule has 0 atom stereocenters. The number of halogens is 1. The number of nitrogens with zero attached hydrogens (tertiary/aromatic N) is 1. The summed E-state index contributed by atoms with van der Waals surface area (Å²) in [5, 5.41) is 2.76. The molecule has 1 aromatic carbocycles. The highest BCUT2D eigenvalue weighted by molar-refractivity contribution is 6.04. The molecule has 1 amide bonds. The average Bonchev–Trinajstić information content (AvgIpc) is 2.38. The molecule has 3 nitrogen and oxygen atoms in total. The van der Waals surface area contributed by atoms with Crippen LogP contribution < -0.4 is 5.32 Å². The van der Waals surface area contributed by atoms with E-state index in [2.05, 4.69) is 31.1 Å². The SMILES string of the molecule is CC(C)(C)c1ccccc1NC(=O)c1cccnc1F. The summed E-state index contributed by atoms with van der Waals surface area (Å²) < 4.78 is 13.5. The monoisotopic (exact) mass is 272 g/mol. The minimum Gasteiger partial charge on any atom is -0.322 e. The maximum atomic E-state index is 13.5. The summed E-state index contributed by atoms with van der Waals surface area (Å²) >= 11 is 0. The lowest BCUT2D eigenvalue weighted by Gasteiger charge is -2.23. The van der Waals surface area contributed by atoms with Crippen LogP contribution >= 0.6 is 0 Å². The molecule has 2 aromatic rings. The van der Waals surface area contributed by atoms with Gasteiger partial charge in [0, 0.05) is 11.9 Å². The average molecular weight is 272 g/mol. The maximum Gasteiger partial charge on any atom is 0.260 e. The first-order valence-corrected chi connectivity index (χ1v) is 6.41. The Kier molecular flexibility index (Phi) is 3.84. The molecule has 0 aliphatic rings. The normalized spacial score (nSPS) is 11.2. The van der Waals surface area contributed by atoms with Crippen LogP contribution in [0.2, 0.25) is 0 Å². The number of para-hydroxylation sites is 1. The zero-order valence-electron chi connectivity index (χ0n) is 11.8.